The molecule has 25 heavy (non-hydrogen) atoms. The van der Waals surface area contributed by atoms with Gasteiger partial charge in [-0.05, 0) is 24.3 Å². The zero-order valence-electron chi connectivity index (χ0n) is 13.4. The van der Waals surface area contributed by atoms with Crippen molar-refractivity contribution in [3.63, 3.8) is 0 Å². The van der Waals surface area contributed by atoms with Gasteiger partial charge in [0.1, 0.15) is 5.82 Å². The Morgan fingerprint density at radius 3 is 2.60 bits per heavy atom. The van der Waals surface area contributed by atoms with Gasteiger partial charge in [-0.3, -0.25) is 9.69 Å². The highest BCUT2D eigenvalue weighted by Gasteiger charge is 2.19. The van der Waals surface area contributed by atoms with Gasteiger partial charge in [-0.15, -0.1) is 0 Å². The normalized spacial score (nSPS) is 15.2. The third kappa shape index (κ3) is 4.64. The van der Waals surface area contributed by atoms with Crippen LogP contribution >= 0.6 is 11.6 Å². The van der Waals surface area contributed by atoms with E-state index in [2.05, 4.69) is 15.2 Å². The zero-order chi connectivity index (χ0) is 17.8. The number of amides is 1. The van der Waals surface area contributed by atoms with Crippen molar-refractivity contribution >= 4 is 28.9 Å². The van der Waals surface area contributed by atoms with Crippen molar-refractivity contribution in [2.24, 2.45) is 0 Å². The van der Waals surface area contributed by atoms with Gasteiger partial charge < -0.3 is 10.2 Å². The van der Waals surface area contributed by atoms with E-state index in [1.807, 2.05) is 4.90 Å². The van der Waals surface area contributed by atoms with Gasteiger partial charge in [-0.2, -0.15) is 4.39 Å². The summed E-state index contributed by atoms with van der Waals surface area (Å²) in [5, 5.41) is 2.67. The van der Waals surface area contributed by atoms with Gasteiger partial charge in [0, 0.05) is 49.8 Å². The third-order valence-electron chi connectivity index (χ3n) is 4.02. The molecular formula is C17H17ClF2N4O. The van der Waals surface area contributed by atoms with Crippen LogP contribution in [0.25, 0.3) is 0 Å². The highest BCUT2D eigenvalue weighted by molar-refractivity contribution is 6.31. The average Bonchev–Trinajstić information content (AvgIpc) is 2.59. The molecule has 1 aliphatic rings. The largest absolute Gasteiger partial charge is 0.369 e. The molecule has 1 fully saturated rings. The summed E-state index contributed by atoms with van der Waals surface area (Å²) in [7, 11) is 0. The molecule has 1 amide bonds. The fourth-order valence-corrected chi connectivity index (χ4v) is 2.91. The Hall–Kier alpha value is -2.25. The highest BCUT2D eigenvalue weighted by atomic mass is 35.5. The van der Waals surface area contributed by atoms with E-state index in [0.29, 0.717) is 31.9 Å². The van der Waals surface area contributed by atoms with E-state index < -0.39 is 11.8 Å². The van der Waals surface area contributed by atoms with Gasteiger partial charge in [-0.1, -0.05) is 11.6 Å². The number of hydrogen-bond donors (Lipinski definition) is 1. The lowest BCUT2D eigenvalue weighted by molar-refractivity contribution is -0.117. The first kappa shape index (κ1) is 17.6. The van der Waals surface area contributed by atoms with E-state index in [1.165, 1.54) is 30.5 Å². The molecule has 132 valence electrons. The van der Waals surface area contributed by atoms with Crippen molar-refractivity contribution in [3.8, 4) is 0 Å². The SMILES string of the molecule is O=C(CN1CCN(c2ccnc(F)c2)CC1)Nc1ccc(F)c(Cl)c1. The second-order valence-corrected chi connectivity index (χ2v) is 6.18. The summed E-state index contributed by atoms with van der Waals surface area (Å²) < 4.78 is 26.3. The number of anilines is 2. The van der Waals surface area contributed by atoms with E-state index in [9.17, 15) is 13.6 Å². The summed E-state index contributed by atoms with van der Waals surface area (Å²) in [6.45, 7) is 2.98. The van der Waals surface area contributed by atoms with Crippen LogP contribution in [-0.4, -0.2) is 48.5 Å². The average molecular weight is 367 g/mol. The Kier molecular flexibility index (Phi) is 5.45. The first-order valence-corrected chi connectivity index (χ1v) is 8.23. The minimum absolute atomic E-state index is 0.0315. The molecule has 0 atom stereocenters. The second kappa shape index (κ2) is 7.76. The molecule has 2 aromatic rings. The molecule has 1 N–H and O–H groups in total. The molecule has 0 unspecified atom stereocenters. The monoisotopic (exact) mass is 366 g/mol. The van der Waals surface area contributed by atoms with Gasteiger partial charge in [0.25, 0.3) is 0 Å². The van der Waals surface area contributed by atoms with Crippen molar-refractivity contribution < 1.29 is 13.6 Å². The lowest BCUT2D eigenvalue weighted by Gasteiger charge is -2.35. The van der Waals surface area contributed by atoms with Crippen molar-refractivity contribution in [1.29, 1.82) is 0 Å². The smallest absolute Gasteiger partial charge is 0.238 e. The van der Waals surface area contributed by atoms with Crippen LogP contribution < -0.4 is 10.2 Å². The lowest BCUT2D eigenvalue weighted by Crippen LogP contribution is -2.48. The number of nitrogens with one attached hydrogen (secondary N) is 1. The molecule has 2 heterocycles. The topological polar surface area (TPSA) is 48.5 Å². The molecule has 3 rings (SSSR count). The number of nitrogens with zero attached hydrogens (tertiary/aromatic N) is 3. The van der Waals surface area contributed by atoms with Gasteiger partial charge in [0.15, 0.2) is 0 Å². The summed E-state index contributed by atoms with van der Waals surface area (Å²) in [4.78, 5) is 19.7. The molecule has 0 bridgehead atoms. The fourth-order valence-electron chi connectivity index (χ4n) is 2.73. The van der Waals surface area contributed by atoms with Crippen LogP contribution in [0.4, 0.5) is 20.2 Å². The first-order chi connectivity index (χ1) is 12.0. The predicted octanol–water partition coefficient (Wildman–Crippen LogP) is 2.77. The van der Waals surface area contributed by atoms with E-state index in [-0.39, 0.29) is 17.5 Å². The maximum Gasteiger partial charge on any atom is 0.238 e. The predicted molar refractivity (Wildman–Crippen MR) is 92.9 cm³/mol. The number of rotatable bonds is 4. The van der Waals surface area contributed by atoms with Crippen LogP contribution in [0.1, 0.15) is 0 Å². The standard InChI is InChI=1S/C17H17ClF2N4O/c18-14-9-12(1-2-15(14)19)22-17(25)11-23-5-7-24(8-6-23)13-3-4-21-16(20)10-13/h1-4,9-10H,5-8,11H2,(H,22,25). The molecule has 0 spiro atoms. The Morgan fingerprint density at radius 1 is 1.16 bits per heavy atom. The van der Waals surface area contributed by atoms with E-state index >= 15 is 0 Å². The number of pyridine rings is 1. The Labute approximate surface area is 149 Å². The van der Waals surface area contributed by atoms with Crippen LogP contribution in [0.15, 0.2) is 36.5 Å². The van der Waals surface area contributed by atoms with Crippen LogP contribution in [-0.2, 0) is 4.79 Å². The first-order valence-electron chi connectivity index (χ1n) is 7.85. The Morgan fingerprint density at radius 2 is 1.92 bits per heavy atom. The lowest BCUT2D eigenvalue weighted by atomic mass is 10.2. The van der Waals surface area contributed by atoms with Crippen LogP contribution in [0.2, 0.25) is 5.02 Å². The van der Waals surface area contributed by atoms with Gasteiger partial charge in [0.05, 0.1) is 11.6 Å². The molecule has 0 aliphatic carbocycles. The molecule has 0 radical (unpaired) electrons. The molecule has 1 aliphatic heterocycles. The number of hydrogen-bond acceptors (Lipinski definition) is 4. The maximum absolute atomic E-state index is 13.2. The van der Waals surface area contributed by atoms with Crippen LogP contribution in [0, 0.1) is 11.8 Å². The number of halogens is 3. The maximum atomic E-state index is 13.2. The molecule has 8 heteroatoms. The van der Waals surface area contributed by atoms with Crippen LogP contribution in [0.3, 0.4) is 0 Å². The molecule has 5 nitrogen and oxygen atoms in total. The highest BCUT2D eigenvalue weighted by Crippen LogP contribution is 2.19. The van der Waals surface area contributed by atoms with Gasteiger partial charge >= 0.3 is 0 Å². The summed E-state index contributed by atoms with van der Waals surface area (Å²) in [5.74, 6) is -1.22. The third-order valence-corrected chi connectivity index (χ3v) is 4.31. The van der Waals surface area contributed by atoms with E-state index in [0.717, 1.165) is 5.69 Å². The Balaban J connectivity index is 1.50. The summed E-state index contributed by atoms with van der Waals surface area (Å²) in [6, 6.07) is 7.23. The molecule has 0 saturated carbocycles. The number of benzene rings is 1. The summed E-state index contributed by atoms with van der Waals surface area (Å²) in [6.07, 6.45) is 1.44. The summed E-state index contributed by atoms with van der Waals surface area (Å²) in [5.41, 5.74) is 1.25. The fraction of sp³-hybridized carbons (Fsp3) is 0.294. The van der Waals surface area contributed by atoms with Crippen molar-refractivity contribution in [2.75, 3.05) is 42.9 Å². The number of aromatic nitrogens is 1. The quantitative estimate of drug-likeness (QED) is 0.845. The number of piperazine rings is 1. The van der Waals surface area contributed by atoms with Crippen molar-refractivity contribution in [2.45, 2.75) is 0 Å². The van der Waals surface area contributed by atoms with Crippen molar-refractivity contribution in [3.05, 3.63) is 53.3 Å². The Bertz CT molecular complexity index is 766. The van der Waals surface area contributed by atoms with Gasteiger partial charge in [0.2, 0.25) is 11.9 Å². The zero-order valence-corrected chi connectivity index (χ0v) is 14.1. The minimum atomic E-state index is -0.525. The number of carbonyl (C=O) groups excluding carboxylic acids is 1. The molecule has 1 aromatic carbocycles. The summed E-state index contributed by atoms with van der Waals surface area (Å²) >= 11 is 5.70. The van der Waals surface area contributed by atoms with Crippen LogP contribution in [0.5, 0.6) is 0 Å². The van der Waals surface area contributed by atoms with E-state index in [4.69, 9.17) is 11.6 Å². The van der Waals surface area contributed by atoms with Gasteiger partial charge in [-0.25, -0.2) is 9.37 Å². The molecule has 1 aromatic heterocycles. The molecule has 1 saturated heterocycles. The minimum Gasteiger partial charge on any atom is -0.369 e. The van der Waals surface area contributed by atoms with Crippen molar-refractivity contribution in [1.82, 2.24) is 9.88 Å². The molecular weight excluding hydrogens is 350 g/mol. The number of carbonyl (C=O) groups is 1. The van der Waals surface area contributed by atoms with E-state index in [1.54, 1.807) is 6.07 Å². The second-order valence-electron chi connectivity index (χ2n) is 5.78.